The van der Waals surface area contributed by atoms with Gasteiger partial charge in [0, 0.05) is 26.2 Å². The minimum Gasteiger partial charge on any atom is -0.480 e. The van der Waals surface area contributed by atoms with Crippen LogP contribution >= 0.6 is 0 Å². The number of carbonyl (C=O) groups is 4. The first kappa shape index (κ1) is 34.7. The molecule has 5 rings (SSSR count). The number of hydrogen-bond donors (Lipinski definition) is 2. The minimum absolute atomic E-state index is 0.0655. The standard InChI is InChI=1S/C19H22N2O3.C19H20N2O2/c22-18(20-12-11-16-7-3-1-4-8-16)14-21(15-19(23)24)13-17-9-5-2-6-10-17;22-18-14-20(13-17-9-5-2-6-10-17)15-19(23)21(18)12-11-16-7-3-1-4-8-16/h1-10H,11-15H2,(H,20,22)(H,23,24);1-10H,11-15H2. The molecule has 1 aliphatic rings. The second kappa shape index (κ2) is 18.8. The van der Waals surface area contributed by atoms with Gasteiger partial charge in [-0.25, -0.2) is 0 Å². The van der Waals surface area contributed by atoms with Gasteiger partial charge in [-0.15, -0.1) is 0 Å². The predicted octanol–water partition coefficient (Wildman–Crippen LogP) is 4.03. The van der Waals surface area contributed by atoms with Gasteiger partial charge in [-0.05, 0) is 35.1 Å². The fourth-order valence-corrected chi connectivity index (χ4v) is 5.29. The lowest BCUT2D eigenvalue weighted by Gasteiger charge is -2.32. The van der Waals surface area contributed by atoms with Gasteiger partial charge in [0.1, 0.15) is 0 Å². The third-order valence-corrected chi connectivity index (χ3v) is 7.59. The molecule has 1 saturated heterocycles. The van der Waals surface area contributed by atoms with Crippen molar-refractivity contribution in [2.45, 2.75) is 25.9 Å². The van der Waals surface area contributed by atoms with Crippen LogP contribution < -0.4 is 5.32 Å². The molecular formula is C38H42N4O5. The van der Waals surface area contributed by atoms with Gasteiger partial charge in [0.2, 0.25) is 17.7 Å². The highest BCUT2D eigenvalue weighted by Crippen LogP contribution is 2.12. The summed E-state index contributed by atoms with van der Waals surface area (Å²) in [6, 6.07) is 39.3. The summed E-state index contributed by atoms with van der Waals surface area (Å²) in [5, 5.41) is 11.9. The molecular weight excluding hydrogens is 592 g/mol. The average molecular weight is 635 g/mol. The van der Waals surface area contributed by atoms with Crippen LogP contribution in [0.1, 0.15) is 22.3 Å². The fraction of sp³-hybridized carbons (Fsp3) is 0.263. The van der Waals surface area contributed by atoms with E-state index in [1.54, 1.807) is 4.90 Å². The van der Waals surface area contributed by atoms with E-state index in [-0.39, 0.29) is 30.8 Å². The van der Waals surface area contributed by atoms with E-state index in [0.29, 0.717) is 45.7 Å². The number of carboxylic acids is 1. The van der Waals surface area contributed by atoms with E-state index in [4.69, 9.17) is 5.11 Å². The summed E-state index contributed by atoms with van der Waals surface area (Å²) in [7, 11) is 0. The van der Waals surface area contributed by atoms with Crippen molar-refractivity contribution in [3.05, 3.63) is 144 Å². The number of nitrogens with zero attached hydrogens (tertiary/aromatic N) is 3. The van der Waals surface area contributed by atoms with Crippen molar-refractivity contribution < 1.29 is 24.3 Å². The molecule has 0 aromatic heterocycles. The third-order valence-electron chi connectivity index (χ3n) is 7.59. The van der Waals surface area contributed by atoms with Crippen molar-refractivity contribution >= 4 is 23.7 Å². The number of rotatable bonds is 14. The molecule has 4 aromatic rings. The molecule has 47 heavy (non-hydrogen) atoms. The predicted molar refractivity (Wildman–Crippen MR) is 181 cm³/mol. The van der Waals surface area contributed by atoms with E-state index in [2.05, 4.69) is 5.32 Å². The molecule has 4 aromatic carbocycles. The number of carboxylic acid groups (broad SMARTS) is 1. The van der Waals surface area contributed by atoms with E-state index in [1.165, 1.54) is 4.90 Å². The van der Waals surface area contributed by atoms with Gasteiger partial charge in [0.15, 0.2) is 0 Å². The fourth-order valence-electron chi connectivity index (χ4n) is 5.29. The Labute approximate surface area is 276 Å². The van der Waals surface area contributed by atoms with Crippen LogP contribution in [-0.2, 0) is 45.1 Å². The number of amides is 3. The zero-order chi connectivity index (χ0) is 33.3. The number of carbonyl (C=O) groups excluding carboxylic acids is 3. The van der Waals surface area contributed by atoms with Gasteiger partial charge < -0.3 is 10.4 Å². The molecule has 0 atom stereocenters. The summed E-state index contributed by atoms with van der Waals surface area (Å²) < 4.78 is 0. The van der Waals surface area contributed by atoms with Crippen LogP contribution in [0.2, 0.25) is 0 Å². The Hall–Kier alpha value is -5.12. The Morgan fingerprint density at radius 3 is 1.62 bits per heavy atom. The topological polar surface area (TPSA) is 110 Å². The number of hydrogen-bond acceptors (Lipinski definition) is 6. The number of benzene rings is 4. The Morgan fingerprint density at radius 1 is 0.638 bits per heavy atom. The lowest BCUT2D eigenvalue weighted by molar-refractivity contribution is -0.151. The molecule has 9 nitrogen and oxygen atoms in total. The molecule has 244 valence electrons. The second-order valence-corrected chi connectivity index (χ2v) is 11.4. The first-order valence-corrected chi connectivity index (χ1v) is 15.8. The summed E-state index contributed by atoms with van der Waals surface area (Å²) in [4.78, 5) is 52.6. The van der Waals surface area contributed by atoms with Gasteiger partial charge in [-0.2, -0.15) is 0 Å². The molecule has 0 radical (unpaired) electrons. The first-order chi connectivity index (χ1) is 22.9. The van der Waals surface area contributed by atoms with Crippen LogP contribution in [0, 0.1) is 0 Å². The van der Waals surface area contributed by atoms with Gasteiger partial charge in [-0.3, -0.25) is 33.9 Å². The first-order valence-electron chi connectivity index (χ1n) is 15.8. The molecule has 0 aliphatic carbocycles. The summed E-state index contributed by atoms with van der Waals surface area (Å²) in [6.07, 6.45) is 1.46. The van der Waals surface area contributed by atoms with Crippen LogP contribution in [-0.4, -0.2) is 82.8 Å². The zero-order valence-corrected chi connectivity index (χ0v) is 26.5. The lowest BCUT2D eigenvalue weighted by Crippen LogP contribution is -2.54. The molecule has 3 amide bonds. The number of piperazine rings is 1. The van der Waals surface area contributed by atoms with E-state index in [9.17, 15) is 19.2 Å². The largest absolute Gasteiger partial charge is 0.480 e. The normalized spacial score (nSPS) is 13.2. The van der Waals surface area contributed by atoms with E-state index in [1.807, 2.05) is 126 Å². The van der Waals surface area contributed by atoms with Crippen LogP contribution in [0.3, 0.4) is 0 Å². The van der Waals surface area contributed by atoms with E-state index in [0.717, 1.165) is 28.7 Å². The van der Waals surface area contributed by atoms with E-state index < -0.39 is 5.97 Å². The van der Waals surface area contributed by atoms with Crippen LogP contribution in [0.5, 0.6) is 0 Å². The maximum absolute atomic E-state index is 12.3. The highest BCUT2D eigenvalue weighted by molar-refractivity contribution is 5.99. The number of imide groups is 1. The van der Waals surface area contributed by atoms with E-state index >= 15 is 0 Å². The molecule has 1 aliphatic heterocycles. The molecule has 0 spiro atoms. The highest BCUT2D eigenvalue weighted by atomic mass is 16.4. The second-order valence-electron chi connectivity index (χ2n) is 11.4. The maximum Gasteiger partial charge on any atom is 0.317 e. The number of aliphatic carboxylic acids is 1. The van der Waals surface area contributed by atoms with Crippen molar-refractivity contribution in [3.63, 3.8) is 0 Å². The molecule has 2 N–H and O–H groups in total. The monoisotopic (exact) mass is 634 g/mol. The van der Waals surface area contributed by atoms with Crippen molar-refractivity contribution in [1.82, 2.24) is 20.0 Å². The summed E-state index contributed by atoms with van der Waals surface area (Å²) in [6.45, 7) is 2.56. The van der Waals surface area contributed by atoms with Crippen molar-refractivity contribution in [2.24, 2.45) is 0 Å². The molecule has 0 unspecified atom stereocenters. The van der Waals surface area contributed by atoms with Crippen LogP contribution in [0.15, 0.2) is 121 Å². The summed E-state index contributed by atoms with van der Waals surface area (Å²) in [5.41, 5.74) is 4.39. The molecule has 9 heteroatoms. The van der Waals surface area contributed by atoms with Gasteiger partial charge >= 0.3 is 5.97 Å². The van der Waals surface area contributed by atoms with Gasteiger partial charge in [0.25, 0.3) is 0 Å². The maximum atomic E-state index is 12.3. The van der Waals surface area contributed by atoms with Gasteiger partial charge in [-0.1, -0.05) is 121 Å². The smallest absolute Gasteiger partial charge is 0.317 e. The van der Waals surface area contributed by atoms with Crippen molar-refractivity contribution in [1.29, 1.82) is 0 Å². The third kappa shape index (κ3) is 12.7. The Morgan fingerprint density at radius 2 is 1.11 bits per heavy atom. The van der Waals surface area contributed by atoms with Gasteiger partial charge in [0.05, 0.1) is 26.2 Å². The Balaban J connectivity index is 0.000000213. The molecule has 0 saturated carbocycles. The van der Waals surface area contributed by atoms with Crippen molar-refractivity contribution in [3.8, 4) is 0 Å². The molecule has 1 heterocycles. The Kier molecular flexibility index (Phi) is 13.9. The molecule has 1 fully saturated rings. The average Bonchev–Trinajstić information content (AvgIpc) is 3.06. The van der Waals surface area contributed by atoms with Crippen LogP contribution in [0.25, 0.3) is 0 Å². The van der Waals surface area contributed by atoms with Crippen LogP contribution in [0.4, 0.5) is 0 Å². The molecule has 0 bridgehead atoms. The Bertz CT molecular complexity index is 1530. The zero-order valence-electron chi connectivity index (χ0n) is 26.5. The highest BCUT2D eigenvalue weighted by Gasteiger charge is 2.30. The lowest BCUT2D eigenvalue weighted by atomic mass is 10.1. The summed E-state index contributed by atoms with van der Waals surface area (Å²) in [5.74, 6) is -1.31. The van der Waals surface area contributed by atoms with Crippen molar-refractivity contribution in [2.75, 3.05) is 39.3 Å². The quantitative estimate of drug-likeness (QED) is 0.202. The minimum atomic E-state index is -0.942. The summed E-state index contributed by atoms with van der Waals surface area (Å²) >= 11 is 0. The number of nitrogens with one attached hydrogen (secondary N) is 1. The SMILES string of the molecule is O=C(O)CN(CC(=O)NCCc1ccccc1)Cc1ccccc1.O=C1CN(Cc2ccccc2)CC(=O)N1CCc1ccccc1.